The molecule has 122 valence electrons. The number of carboxylic acid groups (broad SMARTS) is 1. The number of hydrogen-bond donors (Lipinski definition) is 2. The molecule has 1 aliphatic rings. The van der Waals surface area contributed by atoms with Crippen molar-refractivity contribution >= 4 is 17.4 Å². The second-order valence-electron chi connectivity index (χ2n) is 5.97. The molecule has 7 nitrogen and oxygen atoms in total. The van der Waals surface area contributed by atoms with Crippen molar-refractivity contribution in [1.29, 1.82) is 0 Å². The third-order valence-corrected chi connectivity index (χ3v) is 4.45. The van der Waals surface area contributed by atoms with Gasteiger partial charge in [-0.3, -0.25) is 9.59 Å². The molecule has 3 rings (SSSR count). The average molecular weight is 316 g/mol. The minimum Gasteiger partial charge on any atom is -0.481 e. The van der Waals surface area contributed by atoms with E-state index in [4.69, 9.17) is 0 Å². The van der Waals surface area contributed by atoms with Gasteiger partial charge in [-0.2, -0.15) is 14.8 Å². The summed E-state index contributed by atoms with van der Waals surface area (Å²) in [5.41, 5.74) is 1.03. The largest absolute Gasteiger partial charge is 0.481 e. The first kappa shape index (κ1) is 15.5. The van der Waals surface area contributed by atoms with E-state index in [1.165, 1.54) is 10.8 Å². The predicted molar refractivity (Wildman–Crippen MR) is 83.1 cm³/mol. The van der Waals surface area contributed by atoms with Crippen LogP contribution in [0, 0.1) is 5.92 Å². The minimum atomic E-state index is -0.835. The smallest absolute Gasteiger partial charge is 0.308 e. The monoisotopic (exact) mass is 316 g/mol. The van der Waals surface area contributed by atoms with Gasteiger partial charge < -0.3 is 10.4 Å². The third kappa shape index (κ3) is 3.33. The van der Waals surface area contributed by atoms with E-state index in [0.29, 0.717) is 23.9 Å². The summed E-state index contributed by atoms with van der Waals surface area (Å²) >= 11 is 0. The number of amides is 1. The number of fused-ring (bicyclic) bond motifs is 1. The van der Waals surface area contributed by atoms with E-state index in [1.54, 1.807) is 18.3 Å². The quantitative estimate of drug-likeness (QED) is 0.901. The second-order valence-corrected chi connectivity index (χ2v) is 5.97. The molecule has 0 radical (unpaired) electrons. The lowest BCUT2D eigenvalue weighted by Crippen LogP contribution is -2.43. The zero-order valence-corrected chi connectivity index (χ0v) is 12.8. The van der Waals surface area contributed by atoms with Crippen LogP contribution in [0.15, 0.2) is 24.5 Å². The Labute approximate surface area is 133 Å². The number of carbonyl (C=O) groups is 2. The molecule has 1 saturated carbocycles. The minimum absolute atomic E-state index is 0.287. The molecule has 2 atom stereocenters. The number of rotatable bonds is 3. The maximum absolute atomic E-state index is 12.6. The van der Waals surface area contributed by atoms with Crippen molar-refractivity contribution in [3.05, 3.63) is 30.1 Å². The lowest BCUT2D eigenvalue weighted by Gasteiger charge is -2.27. The van der Waals surface area contributed by atoms with Crippen molar-refractivity contribution in [3.63, 3.8) is 0 Å². The number of carbonyl (C=O) groups excluding carboxylic acids is 1. The van der Waals surface area contributed by atoms with Crippen molar-refractivity contribution in [2.45, 2.75) is 44.6 Å². The molecule has 1 aliphatic carbocycles. The van der Waals surface area contributed by atoms with Gasteiger partial charge >= 0.3 is 5.97 Å². The van der Waals surface area contributed by atoms with Gasteiger partial charge in [-0.05, 0) is 25.0 Å². The Balaban J connectivity index is 1.80. The van der Waals surface area contributed by atoms with Gasteiger partial charge in [0.2, 0.25) is 0 Å². The predicted octanol–water partition coefficient (Wildman–Crippen LogP) is 1.88. The molecular weight excluding hydrogens is 296 g/mol. The SMILES string of the molecule is O=C(N[C@H]1CCCCCC[C@H]1C(=O)O)c1cnn2ncccc12. The zero-order valence-electron chi connectivity index (χ0n) is 12.8. The fourth-order valence-corrected chi connectivity index (χ4v) is 3.21. The Kier molecular flexibility index (Phi) is 4.55. The topological polar surface area (TPSA) is 96.6 Å². The third-order valence-electron chi connectivity index (χ3n) is 4.45. The number of nitrogens with one attached hydrogen (secondary N) is 1. The number of hydrogen-bond acceptors (Lipinski definition) is 4. The van der Waals surface area contributed by atoms with Crippen LogP contribution in [0.25, 0.3) is 5.52 Å². The molecule has 2 N–H and O–H groups in total. The van der Waals surface area contributed by atoms with Crippen LogP contribution in [-0.4, -0.2) is 37.9 Å². The Morgan fingerprint density at radius 3 is 2.74 bits per heavy atom. The van der Waals surface area contributed by atoms with Gasteiger partial charge in [0.25, 0.3) is 5.91 Å². The first-order valence-electron chi connectivity index (χ1n) is 7.99. The number of aliphatic carboxylic acids is 1. The van der Waals surface area contributed by atoms with Crippen LogP contribution < -0.4 is 5.32 Å². The Bertz CT molecular complexity index is 712. The van der Waals surface area contributed by atoms with Crippen LogP contribution in [0.2, 0.25) is 0 Å². The Morgan fingerprint density at radius 2 is 1.96 bits per heavy atom. The van der Waals surface area contributed by atoms with E-state index in [-0.39, 0.29) is 11.9 Å². The number of aromatic nitrogens is 3. The molecule has 2 heterocycles. The normalized spacial score (nSPS) is 22.3. The van der Waals surface area contributed by atoms with Crippen LogP contribution in [-0.2, 0) is 4.79 Å². The molecule has 0 saturated heterocycles. The average Bonchev–Trinajstić information content (AvgIpc) is 2.93. The molecule has 7 heteroatoms. The van der Waals surface area contributed by atoms with E-state index < -0.39 is 11.9 Å². The fourth-order valence-electron chi connectivity index (χ4n) is 3.21. The van der Waals surface area contributed by atoms with Crippen LogP contribution >= 0.6 is 0 Å². The van der Waals surface area contributed by atoms with Crippen LogP contribution in [0.1, 0.15) is 48.9 Å². The summed E-state index contributed by atoms with van der Waals surface area (Å²) < 4.78 is 1.39. The maximum atomic E-state index is 12.6. The van der Waals surface area contributed by atoms with Gasteiger partial charge in [0.05, 0.1) is 17.7 Å². The Hall–Kier alpha value is -2.44. The van der Waals surface area contributed by atoms with E-state index in [1.807, 2.05) is 0 Å². The van der Waals surface area contributed by atoms with Crippen molar-refractivity contribution in [1.82, 2.24) is 20.1 Å². The molecule has 23 heavy (non-hydrogen) atoms. The summed E-state index contributed by atoms with van der Waals surface area (Å²) in [6.45, 7) is 0. The fraction of sp³-hybridized carbons (Fsp3) is 0.500. The van der Waals surface area contributed by atoms with Gasteiger partial charge in [0.1, 0.15) is 5.52 Å². The molecule has 0 spiro atoms. The van der Waals surface area contributed by atoms with Gasteiger partial charge in [-0.15, -0.1) is 0 Å². The highest BCUT2D eigenvalue weighted by Gasteiger charge is 2.30. The Morgan fingerprint density at radius 1 is 1.17 bits per heavy atom. The summed E-state index contributed by atoms with van der Waals surface area (Å²) in [6, 6.07) is 3.16. The van der Waals surface area contributed by atoms with E-state index in [9.17, 15) is 14.7 Å². The molecular formula is C16H20N4O3. The molecule has 0 aliphatic heterocycles. The number of carboxylic acids is 1. The van der Waals surface area contributed by atoms with Crippen molar-refractivity contribution < 1.29 is 14.7 Å². The number of nitrogens with zero attached hydrogens (tertiary/aromatic N) is 3. The highest BCUT2D eigenvalue weighted by molar-refractivity contribution is 6.00. The maximum Gasteiger partial charge on any atom is 0.308 e. The highest BCUT2D eigenvalue weighted by atomic mass is 16.4. The van der Waals surface area contributed by atoms with Gasteiger partial charge in [-0.25, -0.2) is 0 Å². The van der Waals surface area contributed by atoms with Crippen LogP contribution in [0.4, 0.5) is 0 Å². The standard InChI is InChI=1S/C16H20N4O3/c21-15(12-10-18-20-14(12)8-5-9-17-20)19-13-7-4-2-1-3-6-11(13)16(22)23/h5,8-11,13H,1-4,6-7H2,(H,19,21)(H,22,23)/t11-,13+/m1/s1. The molecule has 0 bridgehead atoms. The first-order valence-corrected chi connectivity index (χ1v) is 7.99. The molecule has 0 unspecified atom stereocenters. The summed E-state index contributed by atoms with van der Waals surface area (Å²) in [4.78, 5) is 24.1. The van der Waals surface area contributed by atoms with Crippen molar-refractivity contribution in [2.24, 2.45) is 5.92 Å². The summed E-state index contributed by atoms with van der Waals surface area (Å²) in [5.74, 6) is -1.65. The van der Waals surface area contributed by atoms with Gasteiger partial charge in [0, 0.05) is 12.2 Å². The van der Waals surface area contributed by atoms with Crippen LogP contribution in [0.3, 0.4) is 0 Å². The molecule has 1 amide bonds. The molecule has 2 aromatic heterocycles. The lowest BCUT2D eigenvalue weighted by molar-refractivity contribution is -0.143. The summed E-state index contributed by atoms with van der Waals surface area (Å²) in [6.07, 6.45) is 8.34. The van der Waals surface area contributed by atoms with Crippen molar-refractivity contribution in [3.8, 4) is 0 Å². The summed E-state index contributed by atoms with van der Waals surface area (Å²) in [7, 11) is 0. The van der Waals surface area contributed by atoms with Crippen LogP contribution in [0.5, 0.6) is 0 Å². The zero-order chi connectivity index (χ0) is 16.2. The van der Waals surface area contributed by atoms with Gasteiger partial charge in [0.15, 0.2) is 0 Å². The highest BCUT2D eigenvalue weighted by Crippen LogP contribution is 2.24. The van der Waals surface area contributed by atoms with E-state index in [0.717, 1.165) is 25.7 Å². The molecule has 0 aromatic carbocycles. The lowest BCUT2D eigenvalue weighted by atomic mass is 9.86. The van der Waals surface area contributed by atoms with E-state index >= 15 is 0 Å². The van der Waals surface area contributed by atoms with E-state index in [2.05, 4.69) is 15.5 Å². The first-order chi connectivity index (χ1) is 11.2. The van der Waals surface area contributed by atoms with Gasteiger partial charge in [-0.1, -0.05) is 25.7 Å². The summed E-state index contributed by atoms with van der Waals surface area (Å²) in [5, 5.41) is 20.5. The molecule has 2 aromatic rings. The molecule has 1 fully saturated rings. The second kappa shape index (κ2) is 6.76. The van der Waals surface area contributed by atoms with Crippen molar-refractivity contribution in [2.75, 3.05) is 0 Å².